The lowest BCUT2D eigenvalue weighted by Gasteiger charge is -2.36. The Morgan fingerprint density at radius 2 is 1.85 bits per heavy atom. The van der Waals surface area contributed by atoms with Crippen molar-refractivity contribution in [1.82, 2.24) is 4.90 Å². The van der Waals surface area contributed by atoms with Crippen LogP contribution in [-0.2, 0) is 16.2 Å². The summed E-state index contributed by atoms with van der Waals surface area (Å²) in [6, 6.07) is 10.4. The van der Waals surface area contributed by atoms with Gasteiger partial charge in [-0.2, -0.15) is 0 Å². The van der Waals surface area contributed by atoms with E-state index in [9.17, 15) is 0 Å². The topological polar surface area (TPSA) is 34.1 Å². The van der Waals surface area contributed by atoms with E-state index >= 15 is 0 Å². The summed E-state index contributed by atoms with van der Waals surface area (Å²) in [7, 11) is 0. The average molecular weight is 354 g/mol. The molecule has 4 heteroatoms. The van der Waals surface area contributed by atoms with Crippen LogP contribution in [0.1, 0.15) is 31.2 Å². The van der Waals surface area contributed by atoms with Crippen LogP contribution in [-0.4, -0.2) is 43.5 Å². The second-order valence-electron chi connectivity index (χ2n) is 8.56. The standard InChI is InChI=1S/C22H30N2O2/c1-2-5-16(6-3-1)15-26-23-22-20-13-19(17-7-4-8-18(17)20)21(22)14-24-9-11-25-12-10-24/h1-3,5-6,17-21H,4,7-15H2/b23-22+/t17-,18+,19-,20+,21-/m1/s1. The Kier molecular flexibility index (Phi) is 4.72. The van der Waals surface area contributed by atoms with Crippen molar-refractivity contribution in [3.63, 3.8) is 0 Å². The van der Waals surface area contributed by atoms with Gasteiger partial charge >= 0.3 is 0 Å². The zero-order chi connectivity index (χ0) is 17.3. The summed E-state index contributed by atoms with van der Waals surface area (Å²) in [6.07, 6.45) is 5.64. The summed E-state index contributed by atoms with van der Waals surface area (Å²) in [5.41, 5.74) is 2.59. The molecule has 26 heavy (non-hydrogen) atoms. The van der Waals surface area contributed by atoms with Crippen LogP contribution in [0.15, 0.2) is 35.5 Å². The lowest BCUT2D eigenvalue weighted by Crippen LogP contribution is -2.44. The van der Waals surface area contributed by atoms with E-state index in [0.29, 0.717) is 18.4 Å². The minimum absolute atomic E-state index is 0.583. The van der Waals surface area contributed by atoms with E-state index in [1.807, 2.05) is 6.07 Å². The molecule has 0 aromatic heterocycles. The van der Waals surface area contributed by atoms with Gasteiger partial charge in [-0.15, -0.1) is 0 Å². The first-order valence-electron chi connectivity index (χ1n) is 10.4. The SMILES string of the molecule is c1ccc(CO/N=C2\[C@H]3C[C@H]([C@@H]4CCC[C@@H]43)[C@H]2CN2CCOCC2)cc1. The van der Waals surface area contributed by atoms with Gasteiger partial charge in [0.2, 0.25) is 0 Å². The third-order valence-electron chi connectivity index (χ3n) is 7.30. The van der Waals surface area contributed by atoms with Crippen molar-refractivity contribution in [3.05, 3.63) is 35.9 Å². The molecule has 140 valence electrons. The van der Waals surface area contributed by atoms with E-state index in [4.69, 9.17) is 14.7 Å². The Labute approximate surface area is 156 Å². The number of hydrogen-bond donors (Lipinski definition) is 0. The highest BCUT2D eigenvalue weighted by Crippen LogP contribution is 2.59. The quantitative estimate of drug-likeness (QED) is 0.758. The molecule has 4 aliphatic rings. The molecule has 1 saturated heterocycles. The molecule has 4 fully saturated rings. The molecule has 4 nitrogen and oxygen atoms in total. The van der Waals surface area contributed by atoms with Gasteiger partial charge in [-0.1, -0.05) is 41.9 Å². The predicted octanol–water partition coefficient (Wildman–Crippen LogP) is 3.57. The number of hydrogen-bond acceptors (Lipinski definition) is 4. The molecule has 5 atom stereocenters. The van der Waals surface area contributed by atoms with Gasteiger partial charge in [-0.25, -0.2) is 0 Å². The maximum absolute atomic E-state index is 5.87. The van der Waals surface area contributed by atoms with Gasteiger partial charge in [0.15, 0.2) is 0 Å². The third kappa shape index (κ3) is 3.07. The number of nitrogens with zero attached hydrogens (tertiary/aromatic N) is 2. The van der Waals surface area contributed by atoms with Crippen LogP contribution in [0, 0.1) is 29.6 Å². The molecule has 0 radical (unpaired) electrons. The van der Waals surface area contributed by atoms with Gasteiger partial charge in [0.05, 0.1) is 18.9 Å². The lowest BCUT2D eigenvalue weighted by atomic mass is 9.74. The Hall–Kier alpha value is -1.39. The van der Waals surface area contributed by atoms with Crippen molar-refractivity contribution in [2.75, 3.05) is 32.8 Å². The molecule has 5 rings (SSSR count). The van der Waals surface area contributed by atoms with E-state index < -0.39 is 0 Å². The molecule has 3 saturated carbocycles. The maximum Gasteiger partial charge on any atom is 0.142 e. The summed E-state index contributed by atoms with van der Waals surface area (Å²) in [5.74, 6) is 3.98. The molecule has 2 bridgehead atoms. The van der Waals surface area contributed by atoms with Gasteiger partial charge < -0.3 is 9.57 Å². The molecule has 0 N–H and O–H groups in total. The van der Waals surface area contributed by atoms with E-state index in [1.54, 1.807) is 0 Å². The fourth-order valence-corrected chi connectivity index (χ4v) is 6.17. The Bertz CT molecular complexity index is 641. The molecule has 1 aromatic carbocycles. The zero-order valence-corrected chi connectivity index (χ0v) is 15.6. The second kappa shape index (κ2) is 7.32. The maximum atomic E-state index is 5.87. The minimum Gasteiger partial charge on any atom is -0.391 e. The highest BCUT2D eigenvalue weighted by Gasteiger charge is 2.57. The fourth-order valence-electron chi connectivity index (χ4n) is 6.17. The highest BCUT2D eigenvalue weighted by molar-refractivity contribution is 5.92. The molecule has 0 spiro atoms. The van der Waals surface area contributed by atoms with Crippen LogP contribution in [0.4, 0.5) is 0 Å². The van der Waals surface area contributed by atoms with Crippen LogP contribution in [0.25, 0.3) is 0 Å². The molecular formula is C22H30N2O2. The third-order valence-corrected chi connectivity index (χ3v) is 7.30. The first-order chi connectivity index (χ1) is 12.9. The number of fused-ring (bicyclic) bond motifs is 5. The number of rotatable bonds is 5. The second-order valence-corrected chi connectivity index (χ2v) is 8.56. The molecule has 0 unspecified atom stereocenters. The van der Waals surface area contributed by atoms with Crippen LogP contribution in [0.3, 0.4) is 0 Å². The monoisotopic (exact) mass is 354 g/mol. The van der Waals surface area contributed by atoms with Crippen molar-refractivity contribution < 1.29 is 9.57 Å². The van der Waals surface area contributed by atoms with Crippen molar-refractivity contribution in [3.8, 4) is 0 Å². The molecule has 1 aromatic rings. The van der Waals surface area contributed by atoms with Crippen LogP contribution in [0.2, 0.25) is 0 Å². The summed E-state index contributed by atoms with van der Waals surface area (Å²) in [5, 5.41) is 4.77. The Balaban J connectivity index is 1.31. The zero-order valence-electron chi connectivity index (χ0n) is 15.6. The molecule has 1 aliphatic heterocycles. The Morgan fingerprint density at radius 3 is 2.69 bits per heavy atom. The van der Waals surface area contributed by atoms with Crippen molar-refractivity contribution in [2.24, 2.45) is 34.7 Å². The van der Waals surface area contributed by atoms with Gasteiger partial charge in [-0.3, -0.25) is 4.90 Å². The van der Waals surface area contributed by atoms with E-state index in [1.165, 1.54) is 37.0 Å². The normalized spacial score (nSPS) is 38.0. The largest absolute Gasteiger partial charge is 0.391 e. The Morgan fingerprint density at radius 1 is 1.04 bits per heavy atom. The van der Waals surface area contributed by atoms with E-state index in [-0.39, 0.29) is 0 Å². The van der Waals surface area contributed by atoms with Crippen molar-refractivity contribution in [2.45, 2.75) is 32.3 Å². The molecule has 0 amide bonds. The van der Waals surface area contributed by atoms with Gasteiger partial charge in [0, 0.05) is 31.5 Å². The number of benzene rings is 1. The molecular weight excluding hydrogens is 324 g/mol. The van der Waals surface area contributed by atoms with Gasteiger partial charge in [0.25, 0.3) is 0 Å². The number of oxime groups is 1. The van der Waals surface area contributed by atoms with Crippen molar-refractivity contribution in [1.29, 1.82) is 0 Å². The number of morpholine rings is 1. The van der Waals surface area contributed by atoms with Crippen LogP contribution in [0.5, 0.6) is 0 Å². The molecule has 1 heterocycles. The van der Waals surface area contributed by atoms with Crippen molar-refractivity contribution >= 4 is 5.71 Å². The van der Waals surface area contributed by atoms with Crippen LogP contribution >= 0.6 is 0 Å². The van der Waals surface area contributed by atoms with E-state index in [2.05, 4.69) is 29.2 Å². The first kappa shape index (κ1) is 16.8. The smallest absolute Gasteiger partial charge is 0.142 e. The minimum atomic E-state index is 0.583. The summed E-state index contributed by atoms with van der Waals surface area (Å²) in [6.45, 7) is 5.63. The first-order valence-corrected chi connectivity index (χ1v) is 10.4. The summed E-state index contributed by atoms with van der Waals surface area (Å²) in [4.78, 5) is 8.46. The van der Waals surface area contributed by atoms with Crippen LogP contribution < -0.4 is 0 Å². The van der Waals surface area contributed by atoms with Gasteiger partial charge in [0.1, 0.15) is 6.61 Å². The highest BCUT2D eigenvalue weighted by atomic mass is 16.6. The predicted molar refractivity (Wildman–Crippen MR) is 102 cm³/mol. The van der Waals surface area contributed by atoms with E-state index in [0.717, 1.165) is 50.6 Å². The lowest BCUT2D eigenvalue weighted by molar-refractivity contribution is 0.0290. The van der Waals surface area contributed by atoms with Gasteiger partial charge in [-0.05, 0) is 42.6 Å². The fraction of sp³-hybridized carbons (Fsp3) is 0.682. The molecule has 3 aliphatic carbocycles. The summed E-state index contributed by atoms with van der Waals surface area (Å²) >= 11 is 0. The number of ether oxygens (including phenoxy) is 1. The average Bonchev–Trinajstić information content (AvgIpc) is 3.37. The summed E-state index contributed by atoms with van der Waals surface area (Å²) < 4.78 is 5.54.